The van der Waals surface area contributed by atoms with Crippen molar-refractivity contribution in [1.29, 1.82) is 0 Å². The van der Waals surface area contributed by atoms with Crippen molar-refractivity contribution in [3.05, 3.63) is 99.0 Å². The molecule has 2 aliphatic rings. The van der Waals surface area contributed by atoms with E-state index < -0.39 is 15.5 Å². The first-order valence-electron chi connectivity index (χ1n) is 15.0. The molecule has 246 valence electrons. The summed E-state index contributed by atoms with van der Waals surface area (Å²) in [6.45, 7) is 5.21. The standard InChI is InChI=1S/C34H38Cl2N4O4S.ClH/c1-4-24-7-16-29(30(23-24)44-5-2)34(33(41)40-20-18-39(19-21-40)17-6-22-45(3,42)43)37-31(25-8-12-27(35)13-9-25)32(38-34)26-10-14-28(36)15-11-26;/h1,7-16,23,31-32,37-38H,5-6,17-22H2,2-3H3;1H/t31-,32+,34?;. The number of hydrogen-bond acceptors (Lipinski definition) is 7. The summed E-state index contributed by atoms with van der Waals surface area (Å²) >= 11 is 12.5. The second kappa shape index (κ2) is 15.4. The highest BCUT2D eigenvalue weighted by atomic mass is 35.5. The van der Waals surface area contributed by atoms with Gasteiger partial charge in [-0.25, -0.2) is 8.42 Å². The molecule has 0 radical (unpaired) electrons. The number of terminal acetylenes is 1. The highest BCUT2D eigenvalue weighted by molar-refractivity contribution is 7.90. The first kappa shape index (κ1) is 36.0. The monoisotopic (exact) mass is 704 g/mol. The lowest BCUT2D eigenvalue weighted by Gasteiger charge is -2.40. The Morgan fingerprint density at radius 2 is 1.50 bits per heavy atom. The van der Waals surface area contributed by atoms with E-state index in [4.69, 9.17) is 34.4 Å². The summed E-state index contributed by atoms with van der Waals surface area (Å²) < 4.78 is 29.4. The molecular formula is C34H39Cl3N4O4S. The van der Waals surface area contributed by atoms with Crippen molar-refractivity contribution in [2.24, 2.45) is 0 Å². The number of rotatable bonds is 10. The normalized spacial score (nSPS) is 21.8. The summed E-state index contributed by atoms with van der Waals surface area (Å²) in [5.41, 5.74) is 1.82. The van der Waals surface area contributed by atoms with E-state index in [1.165, 1.54) is 6.26 Å². The predicted molar refractivity (Wildman–Crippen MR) is 186 cm³/mol. The van der Waals surface area contributed by atoms with Crippen molar-refractivity contribution in [2.45, 2.75) is 31.1 Å². The Balaban J connectivity index is 0.00000480. The van der Waals surface area contributed by atoms with Gasteiger partial charge in [-0.2, -0.15) is 0 Å². The zero-order valence-electron chi connectivity index (χ0n) is 25.8. The van der Waals surface area contributed by atoms with Gasteiger partial charge in [-0.05, 0) is 67.4 Å². The molecular weight excluding hydrogens is 667 g/mol. The molecule has 8 nitrogen and oxygen atoms in total. The maximum atomic E-state index is 14.9. The zero-order valence-corrected chi connectivity index (χ0v) is 29.0. The van der Waals surface area contributed by atoms with Crippen LogP contribution in [0.4, 0.5) is 0 Å². The van der Waals surface area contributed by atoms with E-state index in [0.717, 1.165) is 11.1 Å². The third kappa shape index (κ3) is 8.18. The fourth-order valence-electron chi connectivity index (χ4n) is 6.12. The summed E-state index contributed by atoms with van der Waals surface area (Å²) in [7, 11) is -3.02. The van der Waals surface area contributed by atoms with Crippen molar-refractivity contribution in [2.75, 3.05) is 51.3 Å². The molecule has 3 atom stereocenters. The van der Waals surface area contributed by atoms with E-state index >= 15 is 0 Å². The third-order valence-corrected chi connectivity index (χ3v) is 9.89. The molecule has 3 aromatic rings. The van der Waals surface area contributed by atoms with Crippen LogP contribution in [0.25, 0.3) is 0 Å². The van der Waals surface area contributed by atoms with Gasteiger partial charge in [-0.1, -0.05) is 59.5 Å². The van der Waals surface area contributed by atoms with E-state index in [2.05, 4.69) is 21.5 Å². The van der Waals surface area contributed by atoms with Crippen LogP contribution < -0.4 is 15.4 Å². The van der Waals surface area contributed by atoms with E-state index in [9.17, 15) is 13.2 Å². The van der Waals surface area contributed by atoms with E-state index in [0.29, 0.717) is 72.7 Å². The van der Waals surface area contributed by atoms with Crippen LogP contribution in [-0.2, 0) is 20.3 Å². The fraction of sp³-hybridized carbons (Fsp3) is 0.382. The number of hydrogen-bond donors (Lipinski definition) is 2. The quantitative estimate of drug-likeness (QED) is 0.281. The minimum Gasteiger partial charge on any atom is -0.493 e. The van der Waals surface area contributed by atoms with E-state index in [1.54, 1.807) is 6.07 Å². The summed E-state index contributed by atoms with van der Waals surface area (Å²) in [6.07, 6.45) is 7.56. The van der Waals surface area contributed by atoms with Gasteiger partial charge in [-0.15, -0.1) is 18.8 Å². The molecule has 5 rings (SSSR count). The van der Waals surface area contributed by atoms with Crippen molar-refractivity contribution in [3.63, 3.8) is 0 Å². The van der Waals surface area contributed by atoms with Gasteiger partial charge in [0.2, 0.25) is 0 Å². The lowest BCUT2D eigenvalue weighted by Crippen LogP contribution is -2.62. The van der Waals surface area contributed by atoms with Gasteiger partial charge >= 0.3 is 0 Å². The number of carbonyl (C=O) groups is 1. The number of piperazine rings is 1. The highest BCUT2D eigenvalue weighted by Crippen LogP contribution is 2.45. The molecule has 0 aromatic heterocycles. The summed E-state index contributed by atoms with van der Waals surface area (Å²) in [5, 5.41) is 8.69. The first-order chi connectivity index (χ1) is 21.5. The van der Waals surface area contributed by atoms with Gasteiger partial charge in [0, 0.05) is 53.6 Å². The van der Waals surface area contributed by atoms with Crippen LogP contribution >= 0.6 is 35.6 Å². The van der Waals surface area contributed by atoms with Crippen molar-refractivity contribution < 1.29 is 17.9 Å². The number of halogens is 3. The largest absolute Gasteiger partial charge is 0.493 e. The molecule has 0 saturated carbocycles. The van der Waals surface area contributed by atoms with E-state index in [-0.39, 0.29) is 36.2 Å². The molecule has 0 spiro atoms. The van der Waals surface area contributed by atoms with Crippen LogP contribution in [0, 0.1) is 12.3 Å². The second-order valence-corrected chi connectivity index (χ2v) is 14.6. The minimum atomic E-state index is -3.02. The average molecular weight is 706 g/mol. The van der Waals surface area contributed by atoms with Gasteiger partial charge in [0.15, 0.2) is 5.66 Å². The van der Waals surface area contributed by atoms with Crippen molar-refractivity contribution in [1.82, 2.24) is 20.4 Å². The summed E-state index contributed by atoms with van der Waals surface area (Å²) in [6, 6.07) is 20.1. The lowest BCUT2D eigenvalue weighted by atomic mass is 9.95. The van der Waals surface area contributed by atoms with Gasteiger partial charge in [0.05, 0.1) is 24.4 Å². The third-order valence-electron chi connectivity index (χ3n) is 8.36. The number of sulfone groups is 1. The number of carbonyl (C=O) groups excluding carboxylic acids is 1. The molecule has 2 saturated heterocycles. The smallest absolute Gasteiger partial charge is 0.262 e. The Bertz CT molecular complexity index is 1600. The van der Waals surface area contributed by atoms with Gasteiger partial charge < -0.3 is 9.64 Å². The molecule has 3 aromatic carbocycles. The molecule has 46 heavy (non-hydrogen) atoms. The molecule has 2 fully saturated rings. The van der Waals surface area contributed by atoms with Crippen molar-refractivity contribution in [3.8, 4) is 18.1 Å². The SMILES string of the molecule is C#Cc1ccc(C2(C(=O)N3CCN(CCCS(C)(=O)=O)CC3)N[C@H](c3ccc(Cl)cc3)[C@H](c3ccc(Cl)cc3)N2)c(OCC)c1.Cl. The summed E-state index contributed by atoms with van der Waals surface area (Å²) in [5.74, 6) is 3.21. The fourth-order valence-corrected chi connectivity index (χ4v) is 7.03. The Morgan fingerprint density at radius 3 is 1.98 bits per heavy atom. The minimum absolute atomic E-state index is 0. The highest BCUT2D eigenvalue weighted by Gasteiger charge is 2.54. The molecule has 0 aliphatic carbocycles. The molecule has 1 unspecified atom stereocenters. The van der Waals surface area contributed by atoms with Crippen LogP contribution in [0.15, 0.2) is 66.7 Å². The topological polar surface area (TPSA) is 91.0 Å². The molecule has 12 heteroatoms. The molecule has 2 N–H and O–H groups in total. The Labute approximate surface area is 288 Å². The number of ether oxygens (including phenoxy) is 1. The summed E-state index contributed by atoms with van der Waals surface area (Å²) in [4.78, 5) is 19.0. The first-order valence-corrected chi connectivity index (χ1v) is 17.8. The molecule has 2 aliphatic heterocycles. The number of benzene rings is 3. The van der Waals surface area contributed by atoms with Crippen LogP contribution in [0.3, 0.4) is 0 Å². The maximum Gasteiger partial charge on any atom is 0.262 e. The zero-order chi connectivity index (χ0) is 32.2. The number of nitrogens with one attached hydrogen (secondary N) is 2. The Hall–Kier alpha value is -2.81. The molecule has 1 amide bonds. The van der Waals surface area contributed by atoms with Gasteiger partial charge in [0.1, 0.15) is 15.6 Å². The van der Waals surface area contributed by atoms with Crippen LogP contribution in [0.2, 0.25) is 10.0 Å². The molecule has 0 bridgehead atoms. The van der Waals surface area contributed by atoms with Crippen LogP contribution in [0.5, 0.6) is 5.75 Å². The Morgan fingerprint density at radius 1 is 0.957 bits per heavy atom. The molecule has 2 heterocycles. The number of nitrogens with zero attached hydrogens (tertiary/aromatic N) is 2. The lowest BCUT2D eigenvalue weighted by molar-refractivity contribution is -0.141. The van der Waals surface area contributed by atoms with Gasteiger partial charge in [0.25, 0.3) is 5.91 Å². The van der Waals surface area contributed by atoms with E-state index in [1.807, 2.05) is 72.5 Å². The Kier molecular flexibility index (Phi) is 12.1. The average Bonchev–Trinajstić information content (AvgIpc) is 3.43. The maximum absolute atomic E-state index is 14.9. The van der Waals surface area contributed by atoms with Crippen LogP contribution in [-0.4, -0.2) is 75.5 Å². The second-order valence-electron chi connectivity index (χ2n) is 11.5. The van der Waals surface area contributed by atoms with Gasteiger partial charge in [-0.3, -0.25) is 20.3 Å². The van der Waals surface area contributed by atoms with Crippen LogP contribution in [0.1, 0.15) is 47.7 Å². The van der Waals surface area contributed by atoms with Crippen molar-refractivity contribution >= 4 is 51.4 Å². The number of amides is 1. The predicted octanol–water partition coefficient (Wildman–Crippen LogP) is 5.20.